The van der Waals surface area contributed by atoms with Gasteiger partial charge in [0.2, 0.25) is 0 Å². The molecule has 6 nitrogen and oxygen atoms in total. The first-order valence-corrected chi connectivity index (χ1v) is 10.0. The number of benzene rings is 1. The van der Waals surface area contributed by atoms with E-state index < -0.39 is 6.10 Å². The molecule has 0 bridgehead atoms. The Morgan fingerprint density at radius 1 is 1.10 bits per heavy atom. The van der Waals surface area contributed by atoms with E-state index in [4.69, 9.17) is 13.9 Å². The average Bonchev–Trinajstić information content (AvgIpc) is 3.39. The Morgan fingerprint density at radius 2 is 1.97 bits per heavy atom. The van der Waals surface area contributed by atoms with Crippen LogP contribution in [0.4, 0.5) is 0 Å². The van der Waals surface area contributed by atoms with Gasteiger partial charge in [-0.2, -0.15) is 0 Å². The lowest BCUT2D eigenvalue weighted by Gasteiger charge is -2.23. The summed E-state index contributed by atoms with van der Waals surface area (Å²) in [5.74, 6) is 0.763. The van der Waals surface area contributed by atoms with Crippen molar-refractivity contribution in [3.05, 3.63) is 84.1 Å². The predicted molar refractivity (Wildman–Crippen MR) is 111 cm³/mol. The normalized spacial score (nSPS) is 13.4. The molecule has 1 unspecified atom stereocenters. The molecule has 0 spiro atoms. The monoisotopic (exact) mass is 399 g/mol. The van der Waals surface area contributed by atoms with E-state index >= 15 is 0 Å². The van der Waals surface area contributed by atoms with Crippen molar-refractivity contribution >= 4 is 0 Å². The Morgan fingerprint density at radius 3 is 2.72 bits per heavy atom. The predicted octanol–water partition coefficient (Wildman–Crippen LogP) is 1.74. The second-order valence-electron chi connectivity index (χ2n) is 7.24. The molecule has 0 amide bonds. The lowest BCUT2D eigenvalue weighted by molar-refractivity contribution is -0.917. The minimum atomic E-state index is -0.547. The van der Waals surface area contributed by atoms with Gasteiger partial charge in [-0.1, -0.05) is 30.3 Å². The Hall–Kier alpha value is -2.38. The number of aliphatic hydroxyl groups is 1. The Labute approximate surface area is 172 Å². The molecule has 3 rings (SSSR count). The van der Waals surface area contributed by atoms with Crippen LogP contribution in [0.1, 0.15) is 17.0 Å². The summed E-state index contributed by atoms with van der Waals surface area (Å²) in [4.78, 5) is 1.26. The Bertz CT molecular complexity index is 801. The molecule has 1 aromatic carbocycles. The van der Waals surface area contributed by atoms with Gasteiger partial charge in [-0.15, -0.1) is 0 Å². The van der Waals surface area contributed by atoms with Gasteiger partial charge in [-0.05, 0) is 29.8 Å². The number of quaternary nitrogens is 1. The van der Waals surface area contributed by atoms with Gasteiger partial charge in [0, 0.05) is 19.9 Å². The summed E-state index contributed by atoms with van der Waals surface area (Å²) in [6, 6.07) is 18.4. The van der Waals surface area contributed by atoms with Crippen LogP contribution < -0.4 is 4.90 Å². The van der Waals surface area contributed by atoms with Crippen molar-refractivity contribution in [3.8, 4) is 0 Å². The second-order valence-corrected chi connectivity index (χ2v) is 7.24. The molecule has 0 aliphatic rings. The van der Waals surface area contributed by atoms with Gasteiger partial charge in [0.15, 0.2) is 0 Å². The zero-order valence-electron chi connectivity index (χ0n) is 17.0. The van der Waals surface area contributed by atoms with Crippen LogP contribution >= 0.6 is 0 Å². The summed E-state index contributed by atoms with van der Waals surface area (Å²) >= 11 is 0. The van der Waals surface area contributed by atoms with E-state index in [0.717, 1.165) is 25.4 Å². The molecule has 0 aliphatic heterocycles. The number of aliphatic hydroxyl groups excluding tert-OH is 1. The summed E-state index contributed by atoms with van der Waals surface area (Å²) in [5.41, 5.74) is 2.51. The third kappa shape index (κ3) is 7.18. The van der Waals surface area contributed by atoms with Gasteiger partial charge in [0.05, 0.1) is 25.2 Å². The smallest absolute Gasteiger partial charge is 0.129 e. The maximum Gasteiger partial charge on any atom is 0.129 e. The van der Waals surface area contributed by atoms with Crippen LogP contribution in [0.15, 0.2) is 71.5 Å². The summed E-state index contributed by atoms with van der Waals surface area (Å²) < 4.78 is 18.4. The van der Waals surface area contributed by atoms with Gasteiger partial charge in [-0.25, -0.2) is 0 Å². The first-order valence-electron chi connectivity index (χ1n) is 10.0. The molecule has 3 aromatic rings. The summed E-state index contributed by atoms with van der Waals surface area (Å²) in [7, 11) is 1.71. The topological polar surface area (TPSA) is 61.2 Å². The molecule has 0 saturated heterocycles. The molecule has 0 saturated carbocycles. The highest BCUT2D eigenvalue weighted by Crippen LogP contribution is 2.07. The summed E-state index contributed by atoms with van der Waals surface area (Å²) in [6.45, 7) is 4.38. The largest absolute Gasteiger partial charge is 0.467 e. The third-order valence-electron chi connectivity index (χ3n) is 4.87. The minimum Gasteiger partial charge on any atom is -0.467 e. The third-order valence-corrected chi connectivity index (χ3v) is 4.87. The number of hydrogen-bond acceptors (Lipinski definition) is 4. The quantitative estimate of drug-likeness (QED) is 0.460. The standard InChI is InChI=1S/C23H30N2O4/c1-27-14-12-24(17-22(26)18-28-19-23-10-6-13-29-23)16-21-9-5-11-25(21)15-20-7-3-2-4-8-20/h2-11,13,22,26H,12,14-19H2,1H3/p+1/t22-/m0/s1. The van der Waals surface area contributed by atoms with Gasteiger partial charge < -0.3 is 28.5 Å². The number of aromatic nitrogens is 1. The van der Waals surface area contributed by atoms with E-state index in [0.29, 0.717) is 19.8 Å². The zero-order chi connectivity index (χ0) is 20.3. The summed E-state index contributed by atoms with van der Waals surface area (Å²) in [6.07, 6.45) is 3.18. The molecular formula is C23H31N2O4+. The fourth-order valence-electron chi connectivity index (χ4n) is 3.39. The van der Waals surface area contributed by atoms with Crippen LogP contribution in [-0.4, -0.2) is 49.2 Å². The van der Waals surface area contributed by atoms with Crippen LogP contribution in [-0.2, 0) is 29.2 Å². The van der Waals surface area contributed by atoms with Gasteiger partial charge >= 0.3 is 0 Å². The fourth-order valence-corrected chi connectivity index (χ4v) is 3.39. The van der Waals surface area contributed by atoms with E-state index in [1.165, 1.54) is 16.2 Å². The molecular weight excluding hydrogens is 368 g/mol. The number of hydrogen-bond donors (Lipinski definition) is 2. The van der Waals surface area contributed by atoms with Crippen LogP contribution in [0.25, 0.3) is 0 Å². The number of nitrogens with one attached hydrogen (secondary N) is 1. The molecule has 0 fully saturated rings. The highest BCUT2D eigenvalue weighted by atomic mass is 16.5. The Kier molecular flexibility index (Phi) is 8.52. The van der Waals surface area contributed by atoms with Crippen LogP contribution in [0, 0.1) is 0 Å². The molecule has 0 aliphatic carbocycles. The molecule has 2 N–H and O–H groups in total. The van der Waals surface area contributed by atoms with Gasteiger partial charge in [0.25, 0.3) is 0 Å². The minimum absolute atomic E-state index is 0.280. The van der Waals surface area contributed by atoms with E-state index in [9.17, 15) is 5.11 Å². The fraction of sp³-hybridized carbons (Fsp3) is 0.391. The molecule has 156 valence electrons. The summed E-state index contributed by atoms with van der Waals surface area (Å²) in [5, 5.41) is 10.5. The van der Waals surface area contributed by atoms with E-state index in [-0.39, 0.29) is 6.61 Å². The second kappa shape index (κ2) is 11.6. The highest BCUT2D eigenvalue weighted by molar-refractivity contribution is 5.17. The zero-order valence-corrected chi connectivity index (χ0v) is 17.0. The Balaban J connectivity index is 1.53. The van der Waals surface area contributed by atoms with Crippen LogP contribution in [0.5, 0.6) is 0 Å². The van der Waals surface area contributed by atoms with Crippen molar-refractivity contribution in [3.63, 3.8) is 0 Å². The van der Waals surface area contributed by atoms with E-state index in [1.54, 1.807) is 13.4 Å². The molecule has 29 heavy (non-hydrogen) atoms. The maximum absolute atomic E-state index is 10.5. The van der Waals surface area contributed by atoms with Crippen molar-refractivity contribution in [1.29, 1.82) is 0 Å². The number of methoxy groups -OCH3 is 1. The first-order chi connectivity index (χ1) is 14.2. The van der Waals surface area contributed by atoms with Gasteiger partial charge in [0.1, 0.15) is 38.1 Å². The number of furan rings is 1. The number of rotatable bonds is 13. The molecule has 2 heterocycles. The van der Waals surface area contributed by atoms with Crippen molar-refractivity contribution in [2.24, 2.45) is 0 Å². The lowest BCUT2D eigenvalue weighted by Crippen LogP contribution is -3.12. The molecule has 2 aromatic heterocycles. The first kappa shape index (κ1) is 21.3. The van der Waals surface area contributed by atoms with Crippen molar-refractivity contribution in [2.45, 2.75) is 25.8 Å². The van der Waals surface area contributed by atoms with Crippen LogP contribution in [0.2, 0.25) is 0 Å². The number of ether oxygens (including phenoxy) is 2. The van der Waals surface area contributed by atoms with Crippen molar-refractivity contribution in [1.82, 2.24) is 4.57 Å². The maximum atomic E-state index is 10.5. The SMILES string of the molecule is COCC[NH+](Cc1cccn1Cc1ccccc1)C[C@H](O)COCc1ccco1. The van der Waals surface area contributed by atoms with E-state index in [2.05, 4.69) is 47.2 Å². The van der Waals surface area contributed by atoms with Crippen molar-refractivity contribution in [2.75, 3.05) is 33.4 Å². The highest BCUT2D eigenvalue weighted by Gasteiger charge is 2.18. The molecule has 0 radical (unpaired) electrons. The molecule has 2 atom stereocenters. The van der Waals surface area contributed by atoms with Crippen molar-refractivity contribution < 1.29 is 23.9 Å². The van der Waals surface area contributed by atoms with Gasteiger partial charge in [-0.3, -0.25) is 0 Å². The van der Waals surface area contributed by atoms with E-state index in [1.807, 2.05) is 18.2 Å². The average molecular weight is 400 g/mol. The molecule has 6 heteroatoms. The lowest BCUT2D eigenvalue weighted by atomic mass is 10.2. The van der Waals surface area contributed by atoms with Crippen LogP contribution in [0.3, 0.4) is 0 Å². The number of nitrogens with zero attached hydrogens (tertiary/aromatic N) is 1.